The van der Waals surface area contributed by atoms with Gasteiger partial charge in [0.25, 0.3) is 0 Å². The molecule has 0 amide bonds. The Morgan fingerprint density at radius 2 is 2.12 bits per heavy atom. The predicted molar refractivity (Wildman–Crippen MR) is 97.5 cm³/mol. The molecule has 3 aromatic rings. The Hall–Kier alpha value is -2.37. The molecule has 0 aliphatic carbocycles. The lowest BCUT2D eigenvalue weighted by atomic mass is 10.1. The minimum atomic E-state index is -0.377. The molecule has 25 heavy (non-hydrogen) atoms. The van der Waals surface area contributed by atoms with Gasteiger partial charge < -0.3 is 14.0 Å². The van der Waals surface area contributed by atoms with Gasteiger partial charge in [-0.15, -0.1) is 0 Å². The van der Waals surface area contributed by atoms with Crippen LogP contribution in [0.3, 0.4) is 0 Å². The van der Waals surface area contributed by atoms with Gasteiger partial charge in [0.1, 0.15) is 13.3 Å². The highest BCUT2D eigenvalue weighted by atomic mass is 35.5. The SMILES string of the molecule is CCOC(=O)COCn1c(-c2ccccn2)c(C)c2cc(Cl)ccc21. The summed E-state index contributed by atoms with van der Waals surface area (Å²) in [6.07, 6.45) is 1.75. The van der Waals surface area contributed by atoms with Crippen LogP contribution in [0.5, 0.6) is 0 Å². The van der Waals surface area contributed by atoms with E-state index in [9.17, 15) is 4.79 Å². The topological polar surface area (TPSA) is 53.4 Å². The van der Waals surface area contributed by atoms with Crippen LogP contribution in [0.2, 0.25) is 5.02 Å². The zero-order chi connectivity index (χ0) is 17.8. The van der Waals surface area contributed by atoms with E-state index in [2.05, 4.69) is 4.98 Å². The molecule has 0 N–H and O–H groups in total. The summed E-state index contributed by atoms with van der Waals surface area (Å²) in [5.74, 6) is -0.377. The van der Waals surface area contributed by atoms with E-state index in [4.69, 9.17) is 21.1 Å². The highest BCUT2D eigenvalue weighted by molar-refractivity contribution is 6.31. The Morgan fingerprint density at radius 3 is 2.84 bits per heavy atom. The minimum absolute atomic E-state index is 0.0954. The monoisotopic (exact) mass is 358 g/mol. The van der Waals surface area contributed by atoms with E-state index in [0.717, 1.165) is 27.9 Å². The number of hydrogen-bond donors (Lipinski definition) is 0. The van der Waals surface area contributed by atoms with Gasteiger partial charge in [-0.05, 0) is 49.7 Å². The van der Waals surface area contributed by atoms with Crippen molar-refractivity contribution < 1.29 is 14.3 Å². The molecule has 5 nitrogen and oxygen atoms in total. The number of pyridine rings is 1. The number of fused-ring (bicyclic) bond motifs is 1. The van der Waals surface area contributed by atoms with E-state index in [1.54, 1.807) is 13.1 Å². The number of esters is 1. The normalized spacial score (nSPS) is 11.0. The highest BCUT2D eigenvalue weighted by Gasteiger charge is 2.17. The summed E-state index contributed by atoms with van der Waals surface area (Å²) < 4.78 is 12.5. The lowest BCUT2D eigenvalue weighted by Crippen LogP contribution is -2.14. The Bertz CT molecular complexity index is 891. The number of nitrogens with zero attached hydrogens (tertiary/aromatic N) is 2. The van der Waals surface area contributed by atoms with E-state index >= 15 is 0 Å². The number of rotatable bonds is 6. The van der Waals surface area contributed by atoms with Crippen LogP contribution in [-0.4, -0.2) is 28.7 Å². The predicted octanol–water partition coefficient (Wildman–Crippen LogP) is 4.20. The maximum Gasteiger partial charge on any atom is 0.332 e. The van der Waals surface area contributed by atoms with Crippen molar-refractivity contribution in [1.82, 2.24) is 9.55 Å². The molecule has 3 rings (SSSR count). The molecule has 130 valence electrons. The summed E-state index contributed by atoms with van der Waals surface area (Å²) in [4.78, 5) is 16.0. The second-order valence-corrected chi connectivity index (χ2v) is 6.00. The maximum atomic E-state index is 11.5. The van der Waals surface area contributed by atoms with Crippen molar-refractivity contribution in [3.8, 4) is 11.4 Å². The second-order valence-electron chi connectivity index (χ2n) is 5.56. The molecular weight excluding hydrogens is 340 g/mol. The van der Waals surface area contributed by atoms with Crippen molar-refractivity contribution in [1.29, 1.82) is 0 Å². The van der Waals surface area contributed by atoms with E-state index in [0.29, 0.717) is 11.6 Å². The summed E-state index contributed by atoms with van der Waals surface area (Å²) in [5, 5.41) is 1.71. The van der Waals surface area contributed by atoms with Crippen molar-refractivity contribution >= 4 is 28.5 Å². The van der Waals surface area contributed by atoms with Crippen LogP contribution in [-0.2, 0) is 21.0 Å². The molecule has 0 unspecified atom stereocenters. The smallest absolute Gasteiger partial charge is 0.332 e. The van der Waals surface area contributed by atoms with Gasteiger partial charge in [-0.2, -0.15) is 0 Å². The lowest BCUT2D eigenvalue weighted by Gasteiger charge is -2.11. The summed E-state index contributed by atoms with van der Waals surface area (Å²) in [6, 6.07) is 11.5. The molecular formula is C19H19ClN2O3. The van der Waals surface area contributed by atoms with E-state index in [1.807, 2.05) is 47.9 Å². The van der Waals surface area contributed by atoms with Gasteiger partial charge in [-0.3, -0.25) is 4.98 Å². The summed E-state index contributed by atoms with van der Waals surface area (Å²) in [7, 11) is 0. The fourth-order valence-corrected chi connectivity index (χ4v) is 3.06. The van der Waals surface area contributed by atoms with Crippen molar-refractivity contribution in [2.45, 2.75) is 20.6 Å². The number of ether oxygens (including phenoxy) is 2. The molecule has 0 saturated heterocycles. The minimum Gasteiger partial charge on any atom is -0.464 e. The summed E-state index contributed by atoms with van der Waals surface area (Å²) >= 11 is 6.16. The second kappa shape index (κ2) is 7.68. The van der Waals surface area contributed by atoms with Gasteiger partial charge in [0, 0.05) is 16.6 Å². The van der Waals surface area contributed by atoms with Crippen LogP contribution in [0.4, 0.5) is 0 Å². The van der Waals surface area contributed by atoms with Gasteiger partial charge in [0.15, 0.2) is 0 Å². The first-order valence-electron chi connectivity index (χ1n) is 8.05. The Labute approximate surface area is 151 Å². The number of carbonyl (C=O) groups is 1. The van der Waals surface area contributed by atoms with Crippen LogP contribution in [0.15, 0.2) is 42.6 Å². The molecule has 0 saturated carbocycles. The average Bonchev–Trinajstić information content (AvgIpc) is 2.88. The Morgan fingerprint density at radius 1 is 1.28 bits per heavy atom. The van der Waals surface area contributed by atoms with Gasteiger partial charge in [-0.1, -0.05) is 17.7 Å². The van der Waals surface area contributed by atoms with Gasteiger partial charge in [0.05, 0.1) is 23.5 Å². The summed E-state index contributed by atoms with van der Waals surface area (Å²) in [5.41, 5.74) is 3.83. The van der Waals surface area contributed by atoms with Gasteiger partial charge >= 0.3 is 5.97 Å². The van der Waals surface area contributed by atoms with Crippen molar-refractivity contribution in [3.63, 3.8) is 0 Å². The standard InChI is InChI=1S/C19H19ClN2O3/c1-3-25-18(23)11-24-12-22-17-8-7-14(20)10-15(17)13(2)19(22)16-6-4-5-9-21-16/h4-10H,3,11-12H2,1-2H3. The highest BCUT2D eigenvalue weighted by Crippen LogP contribution is 2.33. The molecule has 0 fully saturated rings. The quantitative estimate of drug-likeness (QED) is 0.619. The van der Waals surface area contributed by atoms with E-state index in [1.165, 1.54) is 0 Å². The molecule has 2 aromatic heterocycles. The molecule has 6 heteroatoms. The first-order chi connectivity index (χ1) is 12.1. The van der Waals surface area contributed by atoms with Crippen LogP contribution >= 0.6 is 11.6 Å². The third-order valence-corrected chi connectivity index (χ3v) is 4.17. The third-order valence-electron chi connectivity index (χ3n) is 3.93. The first kappa shape index (κ1) is 17.5. The van der Waals surface area contributed by atoms with Crippen molar-refractivity contribution in [2.75, 3.05) is 13.2 Å². The molecule has 0 aliphatic rings. The zero-order valence-electron chi connectivity index (χ0n) is 14.2. The lowest BCUT2D eigenvalue weighted by molar-refractivity contribution is -0.149. The number of hydrogen-bond acceptors (Lipinski definition) is 4. The Balaban J connectivity index is 2.01. The van der Waals surface area contributed by atoms with Gasteiger partial charge in [-0.25, -0.2) is 4.79 Å². The number of halogens is 1. The van der Waals surface area contributed by atoms with Crippen molar-refractivity contribution in [3.05, 3.63) is 53.2 Å². The number of aryl methyl sites for hydroxylation is 1. The van der Waals surface area contributed by atoms with E-state index in [-0.39, 0.29) is 19.3 Å². The summed E-state index contributed by atoms with van der Waals surface area (Å²) in [6.45, 7) is 4.26. The average molecular weight is 359 g/mol. The van der Waals surface area contributed by atoms with Crippen LogP contribution < -0.4 is 0 Å². The number of benzene rings is 1. The maximum absolute atomic E-state index is 11.5. The largest absolute Gasteiger partial charge is 0.464 e. The fraction of sp³-hybridized carbons (Fsp3) is 0.263. The van der Waals surface area contributed by atoms with Crippen molar-refractivity contribution in [2.24, 2.45) is 0 Å². The molecule has 0 radical (unpaired) electrons. The zero-order valence-corrected chi connectivity index (χ0v) is 14.9. The first-order valence-corrected chi connectivity index (χ1v) is 8.42. The molecule has 0 spiro atoms. The third kappa shape index (κ3) is 3.67. The number of carbonyl (C=O) groups excluding carboxylic acids is 1. The molecule has 2 heterocycles. The van der Waals surface area contributed by atoms with E-state index < -0.39 is 0 Å². The number of aromatic nitrogens is 2. The van der Waals surface area contributed by atoms with Crippen LogP contribution in [0.25, 0.3) is 22.3 Å². The van der Waals surface area contributed by atoms with Crippen LogP contribution in [0.1, 0.15) is 12.5 Å². The molecule has 0 atom stereocenters. The molecule has 1 aromatic carbocycles. The van der Waals surface area contributed by atoms with Crippen LogP contribution in [0, 0.1) is 6.92 Å². The van der Waals surface area contributed by atoms with Gasteiger partial charge in [0.2, 0.25) is 0 Å². The Kier molecular flexibility index (Phi) is 5.36. The molecule has 0 bridgehead atoms. The fourth-order valence-electron chi connectivity index (χ4n) is 2.88. The molecule has 0 aliphatic heterocycles.